The zero-order chi connectivity index (χ0) is 22.0. The van der Waals surface area contributed by atoms with Crippen molar-refractivity contribution in [2.45, 2.75) is 72.5 Å². The van der Waals surface area contributed by atoms with Crippen LogP contribution in [0, 0.1) is 11.8 Å². The molecule has 29 heavy (non-hydrogen) atoms. The highest BCUT2D eigenvalue weighted by Gasteiger charge is 2.40. The average Bonchev–Trinajstić information content (AvgIpc) is 2.61. The highest BCUT2D eigenvalue weighted by Crippen LogP contribution is 2.33. The fourth-order valence-corrected chi connectivity index (χ4v) is 3.70. The zero-order valence-electron chi connectivity index (χ0n) is 19.0. The second-order valence-corrected chi connectivity index (χ2v) is 8.93. The highest BCUT2D eigenvalue weighted by molar-refractivity contribution is 6.32. The number of benzene rings is 1. The lowest BCUT2D eigenvalue weighted by Crippen LogP contribution is -2.47. The first-order chi connectivity index (χ1) is 13.6. The molecule has 1 rings (SSSR count). The van der Waals surface area contributed by atoms with Gasteiger partial charge in [-0.05, 0) is 56.2 Å². The second-order valence-electron chi connectivity index (χ2n) is 8.52. The van der Waals surface area contributed by atoms with Crippen LogP contribution in [0.2, 0.25) is 5.02 Å². The first-order valence-electron chi connectivity index (χ1n) is 10.5. The van der Waals surface area contributed by atoms with E-state index < -0.39 is 5.60 Å². The molecule has 0 unspecified atom stereocenters. The van der Waals surface area contributed by atoms with Gasteiger partial charge in [0, 0.05) is 19.4 Å². The lowest BCUT2D eigenvalue weighted by atomic mass is 9.83. The van der Waals surface area contributed by atoms with Crippen LogP contribution >= 0.6 is 11.6 Å². The number of nitrogens with one attached hydrogen (secondary N) is 1. The molecule has 1 aromatic rings. The van der Waals surface area contributed by atoms with Crippen molar-refractivity contribution >= 4 is 23.2 Å². The fourth-order valence-electron chi connectivity index (χ4n) is 3.47. The summed E-state index contributed by atoms with van der Waals surface area (Å²) in [6.45, 7) is 13.4. The standard InChI is InChI=1S/C23H38ClNO4/c1-8-11-28-23(13-16(2)3,14-17(4)5)22(26)25-19-9-10-21(20(24)12-19)29-18(6)15-27-7/h9-10,12,16-18H,8,11,13-15H2,1-7H3,(H,25,26)/t18-/m1/s1. The number of rotatable bonds is 13. The maximum absolute atomic E-state index is 13.3. The van der Waals surface area contributed by atoms with Gasteiger partial charge in [-0.15, -0.1) is 0 Å². The molecule has 0 heterocycles. The summed E-state index contributed by atoms with van der Waals surface area (Å²) in [4.78, 5) is 13.3. The molecule has 1 atom stereocenters. The largest absolute Gasteiger partial charge is 0.487 e. The number of anilines is 1. The summed E-state index contributed by atoms with van der Waals surface area (Å²) >= 11 is 6.38. The lowest BCUT2D eigenvalue weighted by molar-refractivity contribution is -0.147. The molecule has 0 fully saturated rings. The Kier molecular flexibility index (Phi) is 11.0. The van der Waals surface area contributed by atoms with E-state index in [1.165, 1.54) is 0 Å². The molecule has 0 saturated carbocycles. The molecule has 166 valence electrons. The van der Waals surface area contributed by atoms with E-state index in [4.69, 9.17) is 25.8 Å². The average molecular weight is 428 g/mol. The molecule has 6 heteroatoms. The number of amides is 1. The molecule has 0 spiro atoms. The number of carbonyl (C=O) groups is 1. The number of methoxy groups -OCH3 is 1. The quantitative estimate of drug-likeness (QED) is 0.422. The van der Waals surface area contributed by atoms with E-state index in [-0.39, 0.29) is 12.0 Å². The molecule has 0 aliphatic heterocycles. The predicted octanol–water partition coefficient (Wildman–Crippen LogP) is 5.95. The molecule has 0 aliphatic carbocycles. The van der Waals surface area contributed by atoms with Crippen LogP contribution in [0.4, 0.5) is 5.69 Å². The number of ether oxygens (including phenoxy) is 3. The highest BCUT2D eigenvalue weighted by atomic mass is 35.5. The SMILES string of the molecule is CCCOC(CC(C)C)(CC(C)C)C(=O)Nc1ccc(O[C@H](C)COC)c(Cl)c1. The molecule has 1 aromatic carbocycles. The summed E-state index contributed by atoms with van der Waals surface area (Å²) in [5.74, 6) is 1.11. The smallest absolute Gasteiger partial charge is 0.256 e. The third kappa shape index (κ3) is 8.53. The van der Waals surface area contributed by atoms with Crippen LogP contribution in [0.1, 0.15) is 60.8 Å². The Morgan fingerprint density at radius 2 is 1.76 bits per heavy atom. The first-order valence-corrected chi connectivity index (χ1v) is 10.9. The zero-order valence-corrected chi connectivity index (χ0v) is 19.8. The minimum atomic E-state index is -0.854. The van der Waals surface area contributed by atoms with Gasteiger partial charge < -0.3 is 19.5 Å². The Morgan fingerprint density at radius 1 is 1.14 bits per heavy atom. The Balaban J connectivity index is 3.04. The normalized spacial score (nSPS) is 13.0. The van der Waals surface area contributed by atoms with Gasteiger partial charge in [-0.1, -0.05) is 46.2 Å². The van der Waals surface area contributed by atoms with Crippen molar-refractivity contribution < 1.29 is 19.0 Å². The summed E-state index contributed by atoms with van der Waals surface area (Å²) in [6, 6.07) is 5.28. The van der Waals surface area contributed by atoms with Crippen LogP contribution in [0.3, 0.4) is 0 Å². The lowest BCUT2D eigenvalue weighted by Gasteiger charge is -2.35. The molecule has 0 aromatic heterocycles. The second kappa shape index (κ2) is 12.4. The molecular weight excluding hydrogens is 390 g/mol. The summed E-state index contributed by atoms with van der Waals surface area (Å²) in [7, 11) is 1.63. The van der Waals surface area contributed by atoms with E-state index in [0.717, 1.165) is 6.42 Å². The first kappa shape index (κ1) is 25.7. The van der Waals surface area contributed by atoms with Gasteiger partial charge in [-0.25, -0.2) is 0 Å². The maximum Gasteiger partial charge on any atom is 0.256 e. The molecule has 0 radical (unpaired) electrons. The third-order valence-electron chi connectivity index (χ3n) is 4.39. The number of halogens is 1. The van der Waals surface area contributed by atoms with Gasteiger partial charge >= 0.3 is 0 Å². The molecule has 1 N–H and O–H groups in total. The Labute approximate surface area is 181 Å². The molecular formula is C23H38ClNO4. The van der Waals surface area contributed by atoms with Gasteiger partial charge in [0.25, 0.3) is 5.91 Å². The molecule has 0 saturated heterocycles. The van der Waals surface area contributed by atoms with Crippen molar-refractivity contribution in [1.29, 1.82) is 0 Å². The van der Waals surface area contributed by atoms with Gasteiger partial charge in [-0.3, -0.25) is 4.79 Å². The summed E-state index contributed by atoms with van der Waals surface area (Å²) in [5, 5.41) is 3.46. The van der Waals surface area contributed by atoms with E-state index in [2.05, 4.69) is 39.9 Å². The monoisotopic (exact) mass is 427 g/mol. The van der Waals surface area contributed by atoms with Crippen LogP contribution < -0.4 is 10.1 Å². The van der Waals surface area contributed by atoms with Crippen molar-refractivity contribution in [2.24, 2.45) is 11.8 Å². The number of hydrogen-bond donors (Lipinski definition) is 1. The minimum absolute atomic E-state index is 0.120. The summed E-state index contributed by atoms with van der Waals surface area (Å²) < 4.78 is 17.0. The van der Waals surface area contributed by atoms with Crippen molar-refractivity contribution in [3.05, 3.63) is 23.2 Å². The van der Waals surface area contributed by atoms with Crippen molar-refractivity contribution in [2.75, 3.05) is 25.6 Å². The molecule has 1 amide bonds. The maximum atomic E-state index is 13.3. The summed E-state index contributed by atoms with van der Waals surface area (Å²) in [5.41, 5.74) is -0.226. The number of hydrogen-bond acceptors (Lipinski definition) is 4. The van der Waals surface area contributed by atoms with Crippen LogP contribution in [0.5, 0.6) is 5.75 Å². The topological polar surface area (TPSA) is 56.8 Å². The van der Waals surface area contributed by atoms with Gasteiger partial charge in [0.2, 0.25) is 0 Å². The van der Waals surface area contributed by atoms with Gasteiger partial charge in [0.15, 0.2) is 0 Å². The van der Waals surface area contributed by atoms with E-state index in [9.17, 15) is 4.79 Å². The van der Waals surface area contributed by atoms with Crippen molar-refractivity contribution in [3.63, 3.8) is 0 Å². The molecule has 0 aliphatic rings. The fraction of sp³-hybridized carbons (Fsp3) is 0.696. The van der Waals surface area contributed by atoms with Gasteiger partial charge in [0.05, 0.1) is 11.6 Å². The van der Waals surface area contributed by atoms with Crippen LogP contribution in [0.25, 0.3) is 0 Å². The molecule has 5 nitrogen and oxygen atoms in total. The summed E-state index contributed by atoms with van der Waals surface area (Å²) in [6.07, 6.45) is 2.08. The number of carbonyl (C=O) groups excluding carboxylic acids is 1. The molecule has 0 bridgehead atoms. The van der Waals surface area contributed by atoms with E-state index in [1.54, 1.807) is 25.3 Å². The van der Waals surface area contributed by atoms with Crippen molar-refractivity contribution in [1.82, 2.24) is 0 Å². The van der Waals surface area contributed by atoms with E-state index in [0.29, 0.717) is 54.4 Å². The van der Waals surface area contributed by atoms with Crippen LogP contribution in [-0.4, -0.2) is 37.9 Å². The Bertz CT molecular complexity index is 623. The Hall–Kier alpha value is -1.30. The van der Waals surface area contributed by atoms with E-state index >= 15 is 0 Å². The van der Waals surface area contributed by atoms with Crippen LogP contribution in [-0.2, 0) is 14.3 Å². The minimum Gasteiger partial charge on any atom is -0.487 e. The van der Waals surface area contributed by atoms with Gasteiger partial charge in [0.1, 0.15) is 17.5 Å². The van der Waals surface area contributed by atoms with E-state index in [1.807, 2.05) is 6.92 Å². The third-order valence-corrected chi connectivity index (χ3v) is 4.69. The predicted molar refractivity (Wildman–Crippen MR) is 120 cm³/mol. The van der Waals surface area contributed by atoms with Gasteiger partial charge in [-0.2, -0.15) is 0 Å². The van der Waals surface area contributed by atoms with Crippen molar-refractivity contribution in [3.8, 4) is 5.75 Å². The van der Waals surface area contributed by atoms with Crippen LogP contribution in [0.15, 0.2) is 18.2 Å². The Morgan fingerprint density at radius 3 is 2.24 bits per heavy atom.